The Bertz CT molecular complexity index is 1360. The number of carbonyl (C=O) groups excluding carboxylic acids is 1. The van der Waals surface area contributed by atoms with Crippen molar-refractivity contribution in [2.24, 2.45) is 0 Å². The Morgan fingerprint density at radius 2 is 1.85 bits per heavy atom. The van der Waals surface area contributed by atoms with Crippen molar-refractivity contribution in [2.75, 3.05) is 6.54 Å². The van der Waals surface area contributed by atoms with E-state index in [2.05, 4.69) is 15.4 Å². The first-order valence-electron chi connectivity index (χ1n) is 10.9. The number of aromatic nitrogens is 3. The number of nitrogens with zero attached hydrogens (tertiary/aromatic N) is 2. The fourth-order valence-electron chi connectivity index (χ4n) is 4.06. The van der Waals surface area contributed by atoms with Gasteiger partial charge in [0.05, 0.1) is 11.7 Å². The summed E-state index contributed by atoms with van der Waals surface area (Å²) in [4.78, 5) is 16.9. The van der Waals surface area contributed by atoms with Crippen LogP contribution in [0.5, 0.6) is 0 Å². The highest BCUT2D eigenvalue weighted by atomic mass is 19.1. The maximum atomic E-state index is 13.7. The van der Waals surface area contributed by atoms with Crippen LogP contribution in [-0.4, -0.2) is 27.1 Å². The monoisotopic (exact) mass is 438 g/mol. The van der Waals surface area contributed by atoms with Crippen molar-refractivity contribution in [2.45, 2.75) is 12.5 Å². The Morgan fingerprint density at radius 1 is 1.03 bits per heavy atom. The molecule has 0 fully saturated rings. The molecule has 33 heavy (non-hydrogen) atoms. The van der Waals surface area contributed by atoms with E-state index < -0.39 is 6.04 Å². The van der Waals surface area contributed by atoms with Gasteiger partial charge in [-0.1, -0.05) is 42.5 Å². The Balaban J connectivity index is 1.40. The number of benzene rings is 3. The van der Waals surface area contributed by atoms with Gasteiger partial charge in [0.15, 0.2) is 5.78 Å². The van der Waals surface area contributed by atoms with Crippen molar-refractivity contribution in [1.29, 1.82) is 0 Å². The van der Waals surface area contributed by atoms with Gasteiger partial charge in [0.2, 0.25) is 0 Å². The lowest BCUT2D eigenvalue weighted by molar-refractivity contribution is 0.0945. The van der Waals surface area contributed by atoms with Gasteiger partial charge < -0.3 is 10.3 Å². The molecule has 0 amide bonds. The zero-order valence-electron chi connectivity index (χ0n) is 17.9. The van der Waals surface area contributed by atoms with Crippen LogP contribution in [-0.2, 0) is 6.42 Å². The number of fused-ring (bicyclic) bond motifs is 1. The van der Waals surface area contributed by atoms with Gasteiger partial charge in [-0.05, 0) is 53.9 Å². The van der Waals surface area contributed by atoms with Gasteiger partial charge in [-0.15, -0.1) is 0 Å². The Kier molecular flexibility index (Phi) is 5.83. The minimum absolute atomic E-state index is 0.00149. The largest absolute Gasteiger partial charge is 0.360 e. The van der Waals surface area contributed by atoms with Gasteiger partial charge in [-0.25, -0.2) is 9.07 Å². The quantitative estimate of drug-likeness (QED) is 0.325. The van der Waals surface area contributed by atoms with Crippen LogP contribution in [0.3, 0.4) is 0 Å². The van der Waals surface area contributed by atoms with Crippen molar-refractivity contribution in [3.8, 4) is 5.69 Å². The number of halogens is 1. The molecule has 2 aromatic heterocycles. The van der Waals surface area contributed by atoms with Crippen molar-refractivity contribution in [1.82, 2.24) is 20.1 Å². The van der Waals surface area contributed by atoms with Crippen LogP contribution in [0.1, 0.15) is 27.5 Å². The smallest absolute Gasteiger partial charge is 0.186 e. The predicted molar refractivity (Wildman–Crippen MR) is 127 cm³/mol. The molecule has 0 aliphatic rings. The van der Waals surface area contributed by atoms with Crippen LogP contribution in [0.15, 0.2) is 97.5 Å². The molecule has 5 nitrogen and oxygen atoms in total. The zero-order chi connectivity index (χ0) is 22.6. The summed E-state index contributed by atoms with van der Waals surface area (Å²) in [5.41, 5.74) is 4.36. The van der Waals surface area contributed by atoms with Crippen molar-refractivity contribution in [3.05, 3.63) is 120 Å². The topological polar surface area (TPSA) is 62.7 Å². The average Bonchev–Trinajstić information content (AvgIpc) is 3.53. The molecule has 3 aromatic carbocycles. The summed E-state index contributed by atoms with van der Waals surface area (Å²) in [6, 6.07) is 23.5. The summed E-state index contributed by atoms with van der Waals surface area (Å²) in [5.74, 6) is -0.252. The van der Waals surface area contributed by atoms with Crippen molar-refractivity contribution >= 4 is 16.7 Å². The van der Waals surface area contributed by atoms with E-state index in [1.807, 2.05) is 60.8 Å². The number of ketones is 1. The molecule has 0 aliphatic heterocycles. The SMILES string of the molecule is O=C(c1c[nH]c2cc(-n3cccn3)ccc12)C(NCCc1ccc(F)cc1)c1ccccc1. The fourth-order valence-corrected chi connectivity index (χ4v) is 4.06. The molecule has 0 aliphatic carbocycles. The summed E-state index contributed by atoms with van der Waals surface area (Å²) in [6.45, 7) is 0.586. The molecular weight excluding hydrogens is 415 g/mol. The van der Waals surface area contributed by atoms with Gasteiger partial charge >= 0.3 is 0 Å². The second-order valence-electron chi connectivity index (χ2n) is 7.92. The molecule has 0 saturated carbocycles. The van der Waals surface area contributed by atoms with Gasteiger partial charge in [-0.2, -0.15) is 5.10 Å². The van der Waals surface area contributed by atoms with Gasteiger partial charge in [0.1, 0.15) is 5.82 Å². The van der Waals surface area contributed by atoms with E-state index in [-0.39, 0.29) is 11.6 Å². The van der Waals surface area contributed by atoms with Gasteiger partial charge in [0.25, 0.3) is 0 Å². The minimum Gasteiger partial charge on any atom is -0.360 e. The van der Waals surface area contributed by atoms with E-state index in [1.165, 1.54) is 12.1 Å². The third kappa shape index (κ3) is 4.47. The third-order valence-corrected chi connectivity index (χ3v) is 5.77. The molecule has 6 heteroatoms. The molecule has 0 bridgehead atoms. The highest BCUT2D eigenvalue weighted by molar-refractivity contribution is 6.10. The van der Waals surface area contributed by atoms with Gasteiger partial charge in [-0.3, -0.25) is 4.79 Å². The number of aromatic amines is 1. The maximum absolute atomic E-state index is 13.7. The number of rotatable bonds is 8. The molecule has 0 saturated heterocycles. The van der Waals surface area contributed by atoms with E-state index in [9.17, 15) is 9.18 Å². The molecule has 2 heterocycles. The first-order chi connectivity index (χ1) is 16.2. The molecule has 0 radical (unpaired) electrons. The van der Waals surface area contributed by atoms with Crippen LogP contribution < -0.4 is 5.32 Å². The van der Waals surface area contributed by atoms with Crippen LogP contribution in [0.2, 0.25) is 0 Å². The predicted octanol–water partition coefficient (Wildman–Crippen LogP) is 5.25. The van der Waals surface area contributed by atoms with E-state index >= 15 is 0 Å². The van der Waals surface area contributed by atoms with E-state index in [1.54, 1.807) is 29.2 Å². The molecule has 2 N–H and O–H groups in total. The van der Waals surface area contributed by atoms with Crippen LogP contribution in [0, 0.1) is 5.82 Å². The first-order valence-corrected chi connectivity index (χ1v) is 10.9. The Hall–Kier alpha value is -4.03. The maximum Gasteiger partial charge on any atom is 0.186 e. The Morgan fingerprint density at radius 3 is 2.61 bits per heavy atom. The summed E-state index contributed by atoms with van der Waals surface area (Å²) >= 11 is 0. The van der Waals surface area contributed by atoms with E-state index in [0.717, 1.165) is 27.7 Å². The summed E-state index contributed by atoms with van der Waals surface area (Å²) in [5, 5.41) is 8.56. The van der Waals surface area contributed by atoms with Crippen LogP contribution >= 0.6 is 0 Å². The fraction of sp³-hybridized carbons (Fsp3) is 0.111. The molecule has 164 valence electrons. The Labute approximate surface area is 190 Å². The highest BCUT2D eigenvalue weighted by Crippen LogP contribution is 2.26. The minimum atomic E-state index is -0.489. The first kappa shape index (κ1) is 20.8. The summed E-state index contributed by atoms with van der Waals surface area (Å²) in [7, 11) is 0. The highest BCUT2D eigenvalue weighted by Gasteiger charge is 2.24. The zero-order valence-corrected chi connectivity index (χ0v) is 17.9. The lowest BCUT2D eigenvalue weighted by Gasteiger charge is -2.18. The molecular formula is C27H23FN4O. The molecule has 1 unspecified atom stereocenters. The standard InChI is InChI=1S/C27H23FN4O/c28-21-9-7-19(8-10-21)13-15-29-26(20-5-2-1-3-6-20)27(33)24-18-30-25-17-22(11-12-23(24)25)32-16-4-14-31-32/h1-12,14,16-18,26,29-30H,13,15H2. The lowest BCUT2D eigenvalue weighted by Crippen LogP contribution is -2.30. The van der Waals surface area contributed by atoms with Crippen LogP contribution in [0.25, 0.3) is 16.6 Å². The molecule has 0 spiro atoms. The normalized spacial score (nSPS) is 12.2. The number of hydrogen-bond acceptors (Lipinski definition) is 3. The second-order valence-corrected chi connectivity index (χ2v) is 7.92. The van der Waals surface area contributed by atoms with Gasteiger partial charge in [0, 0.05) is 41.6 Å². The molecule has 5 rings (SSSR count). The third-order valence-electron chi connectivity index (χ3n) is 5.77. The number of Topliss-reactive ketones (excluding diaryl/α,β-unsaturated/α-hetero) is 1. The molecule has 5 aromatic rings. The lowest BCUT2D eigenvalue weighted by atomic mass is 9.96. The number of nitrogens with one attached hydrogen (secondary N) is 2. The molecule has 1 atom stereocenters. The van der Waals surface area contributed by atoms with E-state index in [4.69, 9.17) is 0 Å². The summed E-state index contributed by atoms with van der Waals surface area (Å²) < 4.78 is 15.0. The summed E-state index contributed by atoms with van der Waals surface area (Å²) in [6.07, 6.45) is 6.08. The number of hydrogen-bond donors (Lipinski definition) is 2. The van der Waals surface area contributed by atoms with E-state index in [0.29, 0.717) is 18.5 Å². The number of H-pyrrole nitrogens is 1. The number of carbonyl (C=O) groups is 1. The average molecular weight is 439 g/mol. The van der Waals surface area contributed by atoms with Crippen molar-refractivity contribution < 1.29 is 9.18 Å². The van der Waals surface area contributed by atoms with Crippen LogP contribution in [0.4, 0.5) is 4.39 Å². The second kappa shape index (κ2) is 9.22. The van der Waals surface area contributed by atoms with Crippen molar-refractivity contribution in [3.63, 3.8) is 0 Å².